The maximum absolute atomic E-state index is 13.2. The average Bonchev–Trinajstić information content (AvgIpc) is 2.75. The van der Waals surface area contributed by atoms with Crippen molar-refractivity contribution >= 4 is 15.7 Å². The zero-order valence-corrected chi connectivity index (χ0v) is 17.5. The quantitative estimate of drug-likeness (QED) is 0.311. The van der Waals surface area contributed by atoms with Gasteiger partial charge in [0, 0.05) is 6.61 Å². The maximum Gasteiger partial charge on any atom is 0.250 e. The van der Waals surface area contributed by atoms with Gasteiger partial charge in [-0.15, -0.1) is 0 Å². The lowest BCUT2D eigenvalue weighted by atomic mass is 9.99. The van der Waals surface area contributed by atoms with Gasteiger partial charge in [0.25, 0.3) is 0 Å². The fraction of sp³-hybridized carbons (Fsp3) is 0.409. The lowest BCUT2D eigenvalue weighted by Gasteiger charge is -2.26. The van der Waals surface area contributed by atoms with Crippen LogP contribution in [0.5, 0.6) is 0 Å². The smallest absolute Gasteiger partial charge is 0.250 e. The Bertz CT molecular complexity index is 840. The van der Waals surface area contributed by atoms with Crippen molar-refractivity contribution in [1.82, 2.24) is 5.48 Å². The molecule has 2 atom stereocenters. The van der Waals surface area contributed by atoms with Crippen LogP contribution in [-0.4, -0.2) is 31.6 Å². The lowest BCUT2D eigenvalue weighted by molar-refractivity contribution is -0.137. The second-order valence-corrected chi connectivity index (χ2v) is 8.94. The van der Waals surface area contributed by atoms with Crippen LogP contribution < -0.4 is 5.48 Å². The van der Waals surface area contributed by atoms with Gasteiger partial charge in [0.05, 0.1) is 10.8 Å². The largest absolute Gasteiger partial charge is 0.361 e. The van der Waals surface area contributed by atoms with E-state index in [2.05, 4.69) is 0 Å². The molecular formula is C22H29NO5S. The number of sulfone groups is 1. The number of benzene rings is 2. The van der Waals surface area contributed by atoms with E-state index in [-0.39, 0.29) is 17.9 Å². The molecule has 0 aliphatic carbocycles. The molecule has 29 heavy (non-hydrogen) atoms. The summed E-state index contributed by atoms with van der Waals surface area (Å²) in [5.41, 5.74) is 1.36. The number of carbonyl (C=O) groups excluding carboxylic acids is 1. The topological polar surface area (TPSA) is 92.7 Å². The fourth-order valence-corrected chi connectivity index (χ4v) is 4.93. The monoisotopic (exact) mass is 419 g/mol. The molecule has 0 aromatic heterocycles. The Balaban J connectivity index is 2.25. The van der Waals surface area contributed by atoms with Crippen LogP contribution in [-0.2, 0) is 25.8 Å². The van der Waals surface area contributed by atoms with Gasteiger partial charge in [0.1, 0.15) is 0 Å². The molecule has 0 aliphatic rings. The van der Waals surface area contributed by atoms with Gasteiger partial charge < -0.3 is 4.74 Å². The molecule has 6 nitrogen and oxygen atoms in total. The molecule has 0 aliphatic heterocycles. The first-order chi connectivity index (χ1) is 14.0. The van der Waals surface area contributed by atoms with Crippen molar-refractivity contribution in [1.29, 1.82) is 0 Å². The van der Waals surface area contributed by atoms with E-state index in [0.717, 1.165) is 12.0 Å². The minimum Gasteiger partial charge on any atom is -0.361 e. The van der Waals surface area contributed by atoms with E-state index >= 15 is 0 Å². The Kier molecular flexibility index (Phi) is 9.31. The van der Waals surface area contributed by atoms with Crippen LogP contribution in [0.2, 0.25) is 0 Å². The van der Waals surface area contributed by atoms with Gasteiger partial charge in [0.2, 0.25) is 15.7 Å². The van der Waals surface area contributed by atoms with Gasteiger partial charge in [0.15, 0.2) is 5.44 Å². The standard InChI is InChI=1S/C22H29NO5S/c1-2-3-17-28-22(29(26,27)19-14-8-5-9-15-19)20(21(24)23-25)16-10-13-18-11-6-4-7-12-18/h4-9,11-12,14-15,20,22,25H,2-3,10,13,16-17H2,1H3,(H,23,24). The Morgan fingerprint density at radius 1 is 1.03 bits per heavy atom. The van der Waals surface area contributed by atoms with E-state index < -0.39 is 27.1 Å². The zero-order chi connectivity index (χ0) is 21.1. The molecule has 0 heterocycles. The molecule has 2 rings (SSSR count). The number of amides is 1. The van der Waals surface area contributed by atoms with Crippen molar-refractivity contribution in [3.63, 3.8) is 0 Å². The highest BCUT2D eigenvalue weighted by Gasteiger charge is 2.39. The molecule has 2 unspecified atom stereocenters. The number of hydrogen-bond donors (Lipinski definition) is 2. The maximum atomic E-state index is 13.2. The van der Waals surface area contributed by atoms with Crippen LogP contribution in [0.25, 0.3) is 0 Å². The number of ether oxygens (including phenoxy) is 1. The summed E-state index contributed by atoms with van der Waals surface area (Å²) in [7, 11) is -3.93. The number of hydroxylamine groups is 1. The molecule has 0 bridgehead atoms. The second kappa shape index (κ2) is 11.7. The Labute approximate surface area is 172 Å². The summed E-state index contributed by atoms with van der Waals surface area (Å²) in [6.45, 7) is 2.20. The molecule has 0 saturated carbocycles. The number of nitrogens with one attached hydrogen (secondary N) is 1. The van der Waals surface area contributed by atoms with Crippen molar-refractivity contribution in [2.45, 2.75) is 49.4 Å². The number of hydrogen-bond acceptors (Lipinski definition) is 5. The summed E-state index contributed by atoms with van der Waals surface area (Å²) in [5, 5.41) is 9.23. The number of unbranched alkanes of at least 4 members (excludes halogenated alkanes) is 1. The van der Waals surface area contributed by atoms with Gasteiger partial charge >= 0.3 is 0 Å². The summed E-state index contributed by atoms with van der Waals surface area (Å²) in [6.07, 6.45) is 3.06. The van der Waals surface area contributed by atoms with Crippen LogP contribution in [0.1, 0.15) is 38.2 Å². The highest BCUT2D eigenvalue weighted by molar-refractivity contribution is 7.92. The number of rotatable bonds is 12. The zero-order valence-electron chi connectivity index (χ0n) is 16.7. The molecule has 0 fully saturated rings. The molecule has 0 radical (unpaired) electrons. The van der Waals surface area contributed by atoms with Crippen LogP contribution in [0, 0.1) is 5.92 Å². The minimum atomic E-state index is -3.93. The second-order valence-electron chi connectivity index (χ2n) is 6.91. The molecule has 1 amide bonds. The predicted octanol–water partition coefficient (Wildman–Crippen LogP) is 3.75. The SMILES string of the molecule is CCCCOC(C(CCCc1ccccc1)C(=O)NO)S(=O)(=O)c1ccccc1. The first-order valence-corrected chi connectivity index (χ1v) is 11.4. The van der Waals surface area contributed by atoms with Crippen molar-refractivity contribution < 1.29 is 23.2 Å². The lowest BCUT2D eigenvalue weighted by Crippen LogP contribution is -2.42. The third kappa shape index (κ3) is 6.66. The molecule has 7 heteroatoms. The van der Waals surface area contributed by atoms with Crippen molar-refractivity contribution in [2.75, 3.05) is 6.61 Å². The molecule has 2 aromatic rings. The predicted molar refractivity (Wildman–Crippen MR) is 111 cm³/mol. The highest BCUT2D eigenvalue weighted by Crippen LogP contribution is 2.27. The molecule has 2 aromatic carbocycles. The third-order valence-corrected chi connectivity index (χ3v) is 6.76. The van der Waals surface area contributed by atoms with Gasteiger partial charge in [-0.1, -0.05) is 61.9 Å². The van der Waals surface area contributed by atoms with Crippen LogP contribution in [0.4, 0.5) is 0 Å². The minimum absolute atomic E-state index is 0.0975. The summed E-state index contributed by atoms with van der Waals surface area (Å²) in [5.74, 6) is -1.77. The van der Waals surface area contributed by atoms with E-state index in [4.69, 9.17) is 4.74 Å². The Hall–Kier alpha value is -2.22. The normalized spacial score (nSPS) is 13.6. The van der Waals surface area contributed by atoms with Crippen LogP contribution >= 0.6 is 0 Å². The summed E-state index contributed by atoms with van der Waals surface area (Å²) in [6, 6.07) is 17.7. The van der Waals surface area contributed by atoms with Crippen molar-refractivity contribution in [3.8, 4) is 0 Å². The van der Waals surface area contributed by atoms with Gasteiger partial charge in [-0.25, -0.2) is 13.9 Å². The molecule has 158 valence electrons. The van der Waals surface area contributed by atoms with E-state index in [1.165, 1.54) is 12.1 Å². The summed E-state index contributed by atoms with van der Waals surface area (Å²) < 4.78 is 32.2. The third-order valence-electron chi connectivity index (χ3n) is 4.76. The molecule has 0 saturated heterocycles. The first-order valence-electron chi connectivity index (χ1n) is 9.89. The van der Waals surface area contributed by atoms with Crippen LogP contribution in [0.3, 0.4) is 0 Å². The van der Waals surface area contributed by atoms with Crippen molar-refractivity contribution in [3.05, 3.63) is 66.2 Å². The van der Waals surface area contributed by atoms with Gasteiger partial charge in [-0.05, 0) is 43.4 Å². The number of aryl methyl sites for hydroxylation is 1. The Morgan fingerprint density at radius 2 is 1.66 bits per heavy atom. The first kappa shape index (κ1) is 23.1. The van der Waals surface area contributed by atoms with E-state index in [1.807, 2.05) is 37.3 Å². The number of carbonyl (C=O) groups is 1. The van der Waals surface area contributed by atoms with E-state index in [0.29, 0.717) is 19.3 Å². The fourth-order valence-electron chi connectivity index (χ4n) is 3.15. The average molecular weight is 420 g/mol. The van der Waals surface area contributed by atoms with Gasteiger partial charge in [-0.3, -0.25) is 10.0 Å². The highest BCUT2D eigenvalue weighted by atomic mass is 32.2. The van der Waals surface area contributed by atoms with Gasteiger partial charge in [-0.2, -0.15) is 0 Å². The summed E-state index contributed by atoms with van der Waals surface area (Å²) >= 11 is 0. The summed E-state index contributed by atoms with van der Waals surface area (Å²) in [4.78, 5) is 12.5. The van der Waals surface area contributed by atoms with E-state index in [1.54, 1.807) is 23.7 Å². The molecule has 0 spiro atoms. The molecule has 2 N–H and O–H groups in total. The van der Waals surface area contributed by atoms with E-state index in [9.17, 15) is 18.4 Å². The Morgan fingerprint density at radius 3 is 2.24 bits per heavy atom. The molecular weight excluding hydrogens is 390 g/mol. The van der Waals surface area contributed by atoms with Crippen molar-refractivity contribution in [2.24, 2.45) is 5.92 Å². The van der Waals surface area contributed by atoms with Crippen LogP contribution in [0.15, 0.2) is 65.6 Å².